The SMILES string of the molecule is Cc1ccc(-c2nc(C(C(C)C)(C(c3ccccc3)c3ccccc3)N3CCNCC3)c(C(C)(C)C)[nH]2)cc1.Cl.Cl.Cl. The largest absolute Gasteiger partial charge is 0.341 e. The second-order valence-electron chi connectivity index (χ2n) is 12.4. The summed E-state index contributed by atoms with van der Waals surface area (Å²) in [5.41, 5.74) is 6.97. The molecule has 1 fully saturated rings. The molecule has 0 amide bonds. The number of rotatable bonds is 7. The Morgan fingerprint density at radius 2 is 1.24 bits per heavy atom. The van der Waals surface area contributed by atoms with Crippen molar-refractivity contribution in [2.24, 2.45) is 5.92 Å². The van der Waals surface area contributed by atoms with Gasteiger partial charge in [0.25, 0.3) is 0 Å². The monoisotopic (exact) mass is 628 g/mol. The number of aromatic amines is 1. The van der Waals surface area contributed by atoms with Crippen LogP contribution in [0.4, 0.5) is 0 Å². The number of hydrogen-bond donors (Lipinski definition) is 2. The molecule has 5 rings (SSSR count). The van der Waals surface area contributed by atoms with E-state index in [4.69, 9.17) is 4.98 Å². The molecule has 4 aromatic rings. The van der Waals surface area contributed by atoms with Crippen LogP contribution in [0, 0.1) is 12.8 Å². The van der Waals surface area contributed by atoms with Crippen molar-refractivity contribution in [1.29, 1.82) is 0 Å². The van der Waals surface area contributed by atoms with Crippen molar-refractivity contribution in [3.05, 3.63) is 113 Å². The van der Waals surface area contributed by atoms with E-state index in [1.54, 1.807) is 0 Å². The first-order valence-electron chi connectivity index (χ1n) is 14.5. The van der Waals surface area contributed by atoms with Crippen LogP contribution in [0.25, 0.3) is 11.4 Å². The van der Waals surface area contributed by atoms with Crippen LogP contribution in [0.15, 0.2) is 84.9 Å². The van der Waals surface area contributed by atoms with Gasteiger partial charge in [-0.1, -0.05) is 125 Å². The molecular weight excluding hydrogens is 583 g/mol. The third-order valence-electron chi connectivity index (χ3n) is 8.38. The number of nitrogens with one attached hydrogen (secondary N) is 2. The van der Waals surface area contributed by atoms with Crippen LogP contribution < -0.4 is 5.32 Å². The van der Waals surface area contributed by atoms with Crippen LogP contribution >= 0.6 is 37.2 Å². The van der Waals surface area contributed by atoms with E-state index in [1.807, 2.05) is 0 Å². The fraction of sp³-hybridized carbons (Fsp3) is 0.400. The Morgan fingerprint density at radius 1 is 0.738 bits per heavy atom. The van der Waals surface area contributed by atoms with Crippen LogP contribution in [0.5, 0.6) is 0 Å². The first-order valence-corrected chi connectivity index (χ1v) is 14.5. The zero-order valence-corrected chi connectivity index (χ0v) is 28.1. The van der Waals surface area contributed by atoms with Crippen molar-refractivity contribution in [2.75, 3.05) is 26.2 Å². The molecule has 2 heterocycles. The Morgan fingerprint density at radius 3 is 1.69 bits per heavy atom. The average molecular weight is 630 g/mol. The Kier molecular flexibility index (Phi) is 12.7. The molecule has 0 saturated carbocycles. The summed E-state index contributed by atoms with van der Waals surface area (Å²) in [7, 11) is 0. The summed E-state index contributed by atoms with van der Waals surface area (Å²) in [6.45, 7) is 17.8. The maximum Gasteiger partial charge on any atom is 0.137 e. The number of aromatic nitrogens is 2. The topological polar surface area (TPSA) is 44.0 Å². The number of aryl methyl sites for hydroxylation is 1. The minimum atomic E-state index is -0.368. The van der Waals surface area contributed by atoms with E-state index in [1.165, 1.54) is 28.1 Å². The van der Waals surface area contributed by atoms with E-state index < -0.39 is 0 Å². The van der Waals surface area contributed by atoms with Gasteiger partial charge in [-0.2, -0.15) is 0 Å². The first-order chi connectivity index (χ1) is 18.7. The van der Waals surface area contributed by atoms with E-state index in [0.717, 1.165) is 37.6 Å². The summed E-state index contributed by atoms with van der Waals surface area (Å²) >= 11 is 0. The van der Waals surface area contributed by atoms with Gasteiger partial charge in [0.15, 0.2) is 0 Å². The van der Waals surface area contributed by atoms with Gasteiger partial charge in [-0.3, -0.25) is 4.90 Å². The van der Waals surface area contributed by atoms with Gasteiger partial charge in [-0.05, 0) is 24.0 Å². The lowest BCUT2D eigenvalue weighted by Gasteiger charge is -2.53. The van der Waals surface area contributed by atoms with Crippen molar-refractivity contribution < 1.29 is 0 Å². The molecule has 1 saturated heterocycles. The Labute approximate surface area is 271 Å². The highest BCUT2D eigenvalue weighted by Crippen LogP contribution is 2.52. The summed E-state index contributed by atoms with van der Waals surface area (Å²) in [6, 6.07) is 30.9. The summed E-state index contributed by atoms with van der Waals surface area (Å²) in [5, 5.41) is 3.61. The minimum Gasteiger partial charge on any atom is -0.341 e. The van der Waals surface area contributed by atoms with Gasteiger partial charge in [-0.25, -0.2) is 4.98 Å². The highest BCUT2D eigenvalue weighted by molar-refractivity contribution is 5.86. The zero-order valence-electron chi connectivity index (χ0n) is 25.7. The highest BCUT2D eigenvalue weighted by Gasteiger charge is 2.53. The molecule has 1 atom stereocenters. The van der Waals surface area contributed by atoms with E-state index in [-0.39, 0.29) is 60.0 Å². The molecule has 1 aliphatic heterocycles. The summed E-state index contributed by atoms with van der Waals surface area (Å²) in [4.78, 5) is 12.2. The minimum absolute atomic E-state index is 0. The normalized spacial score (nSPS) is 15.3. The molecule has 0 spiro atoms. The number of H-pyrrole nitrogens is 1. The molecule has 0 aliphatic carbocycles. The molecule has 1 unspecified atom stereocenters. The first kappa shape index (κ1) is 35.9. The van der Waals surface area contributed by atoms with Gasteiger partial charge in [0, 0.05) is 48.8 Å². The summed E-state index contributed by atoms with van der Waals surface area (Å²) in [5.74, 6) is 1.35. The number of halogens is 3. The molecule has 3 aromatic carbocycles. The van der Waals surface area contributed by atoms with Crippen molar-refractivity contribution in [2.45, 2.75) is 58.4 Å². The predicted molar refractivity (Wildman–Crippen MR) is 185 cm³/mol. The van der Waals surface area contributed by atoms with E-state index in [9.17, 15) is 0 Å². The van der Waals surface area contributed by atoms with Crippen LogP contribution in [0.3, 0.4) is 0 Å². The second-order valence-corrected chi connectivity index (χ2v) is 12.4. The lowest BCUT2D eigenvalue weighted by molar-refractivity contribution is 0.00993. The van der Waals surface area contributed by atoms with Gasteiger partial charge in [0.05, 0.1) is 11.2 Å². The lowest BCUT2D eigenvalue weighted by Crippen LogP contribution is -2.60. The number of hydrogen-bond acceptors (Lipinski definition) is 3. The molecule has 228 valence electrons. The average Bonchev–Trinajstić information content (AvgIpc) is 3.40. The molecule has 42 heavy (non-hydrogen) atoms. The standard InChI is InChI=1S/C35H44N4.3ClH/c1-25(2)35(39-23-21-36-22-24-39,30(27-13-9-7-10-14-27)28-15-11-8-12-16-28)32-31(34(4,5)6)37-33(38-32)29-19-17-26(3)18-20-29;;;/h7-20,25,30,36H,21-24H2,1-6H3,(H,37,38);3*1H. The molecule has 1 aliphatic rings. The van der Waals surface area contributed by atoms with Gasteiger partial charge in [-0.15, -0.1) is 37.2 Å². The number of imidazole rings is 1. The molecule has 0 bridgehead atoms. The van der Waals surface area contributed by atoms with Gasteiger partial charge in [0.2, 0.25) is 0 Å². The quantitative estimate of drug-likeness (QED) is 0.215. The van der Waals surface area contributed by atoms with Crippen molar-refractivity contribution >= 4 is 37.2 Å². The molecule has 1 aromatic heterocycles. The van der Waals surface area contributed by atoms with Crippen molar-refractivity contribution in [3.63, 3.8) is 0 Å². The molecule has 2 N–H and O–H groups in total. The number of nitrogens with zero attached hydrogens (tertiary/aromatic N) is 2. The van der Waals surface area contributed by atoms with Crippen LogP contribution in [0.1, 0.15) is 68.6 Å². The number of piperazine rings is 1. The van der Waals surface area contributed by atoms with Crippen molar-refractivity contribution in [3.8, 4) is 11.4 Å². The third kappa shape index (κ3) is 6.90. The summed E-state index contributed by atoms with van der Waals surface area (Å²) < 4.78 is 0. The Bertz CT molecular complexity index is 1320. The second kappa shape index (κ2) is 14.9. The highest BCUT2D eigenvalue weighted by atomic mass is 35.5. The van der Waals surface area contributed by atoms with E-state index >= 15 is 0 Å². The zero-order chi connectivity index (χ0) is 27.6. The van der Waals surface area contributed by atoms with E-state index in [0.29, 0.717) is 0 Å². The maximum absolute atomic E-state index is 5.60. The molecule has 4 nitrogen and oxygen atoms in total. The van der Waals surface area contributed by atoms with Gasteiger partial charge in [0.1, 0.15) is 5.82 Å². The van der Waals surface area contributed by atoms with Crippen LogP contribution in [-0.2, 0) is 11.0 Å². The third-order valence-corrected chi connectivity index (χ3v) is 8.38. The van der Waals surface area contributed by atoms with E-state index in [2.05, 4.69) is 142 Å². The lowest BCUT2D eigenvalue weighted by atomic mass is 9.64. The number of benzene rings is 3. The van der Waals surface area contributed by atoms with Gasteiger partial charge >= 0.3 is 0 Å². The fourth-order valence-electron chi connectivity index (χ4n) is 6.52. The fourth-order valence-corrected chi connectivity index (χ4v) is 6.52. The van der Waals surface area contributed by atoms with Crippen LogP contribution in [0.2, 0.25) is 0 Å². The van der Waals surface area contributed by atoms with Gasteiger partial charge < -0.3 is 10.3 Å². The predicted octanol–water partition coefficient (Wildman–Crippen LogP) is 8.54. The molecular formula is C35H47Cl3N4. The Hall–Kier alpha value is -2.34. The molecule has 0 radical (unpaired) electrons. The van der Waals surface area contributed by atoms with Crippen molar-refractivity contribution in [1.82, 2.24) is 20.2 Å². The molecule has 7 heteroatoms. The Balaban J connectivity index is 0.00000205. The maximum atomic E-state index is 5.60. The van der Waals surface area contributed by atoms with Crippen LogP contribution in [-0.4, -0.2) is 41.0 Å². The summed E-state index contributed by atoms with van der Waals surface area (Å²) in [6.07, 6.45) is 0. The smallest absolute Gasteiger partial charge is 0.137 e.